The fourth-order valence-electron chi connectivity index (χ4n) is 6.70. The number of carbonyl (C=O) groups is 3. The van der Waals surface area contributed by atoms with Crippen LogP contribution in [0, 0.1) is 34.5 Å². The third kappa shape index (κ3) is 7.97. The van der Waals surface area contributed by atoms with Gasteiger partial charge >= 0.3 is 17.9 Å². The maximum atomic E-state index is 13.4. The van der Waals surface area contributed by atoms with Gasteiger partial charge in [0.1, 0.15) is 11.1 Å². The van der Waals surface area contributed by atoms with Crippen molar-refractivity contribution in [2.45, 2.75) is 80.3 Å². The van der Waals surface area contributed by atoms with Crippen molar-refractivity contribution in [1.82, 2.24) is 0 Å². The molecular formula is C35H40Cl6O7. The minimum absolute atomic E-state index is 0.00520. The highest BCUT2D eigenvalue weighted by Crippen LogP contribution is 2.60. The molecule has 0 radical (unpaired) electrons. The number of ether oxygens (including phenoxy) is 4. The molecule has 0 aliphatic heterocycles. The molecule has 2 saturated carbocycles. The zero-order valence-electron chi connectivity index (χ0n) is 27.9. The van der Waals surface area contributed by atoms with Gasteiger partial charge in [-0.25, -0.2) is 14.4 Å². The summed E-state index contributed by atoms with van der Waals surface area (Å²) in [5.74, 6) is -1.52. The average Bonchev–Trinajstić information content (AvgIpc) is 3.94. The Morgan fingerprint density at radius 1 is 0.688 bits per heavy atom. The molecule has 2 aliphatic carbocycles. The molecule has 0 saturated heterocycles. The van der Waals surface area contributed by atoms with Crippen molar-refractivity contribution in [1.29, 1.82) is 0 Å². The molecule has 5 unspecified atom stereocenters. The van der Waals surface area contributed by atoms with Crippen molar-refractivity contribution < 1.29 is 33.3 Å². The Balaban J connectivity index is 1.55. The van der Waals surface area contributed by atoms with Crippen LogP contribution in [0.2, 0.25) is 30.1 Å². The van der Waals surface area contributed by atoms with Crippen LogP contribution in [0.4, 0.5) is 0 Å². The normalized spacial score (nSPS) is 23.6. The summed E-state index contributed by atoms with van der Waals surface area (Å²) in [5, 5.41) is -0.627. The molecule has 48 heavy (non-hydrogen) atoms. The van der Waals surface area contributed by atoms with E-state index in [-0.39, 0.29) is 76.8 Å². The highest BCUT2D eigenvalue weighted by molar-refractivity contribution is 6.46. The highest BCUT2D eigenvalue weighted by atomic mass is 35.5. The molecular weight excluding hydrogens is 745 g/mol. The van der Waals surface area contributed by atoms with E-state index >= 15 is 0 Å². The summed E-state index contributed by atoms with van der Waals surface area (Å²) in [6, 6.07) is 2.53. The number of rotatable bonds is 14. The van der Waals surface area contributed by atoms with Crippen LogP contribution in [0.25, 0.3) is 0 Å². The monoisotopic (exact) mass is 782 g/mol. The third-order valence-corrected chi connectivity index (χ3v) is 12.1. The Hall–Kier alpha value is -1.61. The molecule has 2 fully saturated rings. The minimum Gasteiger partial charge on any atom is -0.476 e. The fourth-order valence-corrected chi connectivity index (χ4v) is 8.15. The lowest BCUT2D eigenvalue weighted by Crippen LogP contribution is -2.30. The number of benzene rings is 2. The van der Waals surface area contributed by atoms with Gasteiger partial charge in [0.25, 0.3) is 0 Å². The Morgan fingerprint density at radius 2 is 1.08 bits per heavy atom. The molecule has 4 rings (SSSR count). The summed E-state index contributed by atoms with van der Waals surface area (Å²) in [4.78, 5) is 40.3. The average molecular weight is 785 g/mol. The maximum absolute atomic E-state index is 13.4. The van der Waals surface area contributed by atoms with Gasteiger partial charge in [-0.2, -0.15) is 0 Å². The first-order valence-electron chi connectivity index (χ1n) is 16.0. The van der Waals surface area contributed by atoms with E-state index in [1.807, 2.05) is 0 Å². The van der Waals surface area contributed by atoms with Crippen LogP contribution in [-0.4, -0.2) is 37.2 Å². The molecule has 0 N–H and O–H groups in total. The molecule has 5 atom stereocenters. The first kappa shape index (κ1) is 39.2. The van der Waals surface area contributed by atoms with E-state index < -0.39 is 24.0 Å². The van der Waals surface area contributed by atoms with Crippen molar-refractivity contribution in [3.63, 3.8) is 0 Å². The maximum Gasteiger partial charge on any atom is 0.352 e. The first-order chi connectivity index (χ1) is 22.4. The van der Waals surface area contributed by atoms with E-state index in [0.29, 0.717) is 23.7 Å². The Kier molecular flexibility index (Phi) is 12.5. The van der Waals surface area contributed by atoms with Gasteiger partial charge in [0, 0.05) is 10.8 Å². The Bertz CT molecular complexity index is 1590. The molecule has 7 nitrogen and oxygen atoms in total. The smallest absolute Gasteiger partial charge is 0.352 e. The molecule has 2 aromatic rings. The molecule has 0 amide bonds. The largest absolute Gasteiger partial charge is 0.476 e. The molecule has 0 spiro atoms. The number of hydrogen-bond acceptors (Lipinski definition) is 7. The van der Waals surface area contributed by atoms with Crippen LogP contribution < -0.4 is 9.47 Å². The van der Waals surface area contributed by atoms with Crippen molar-refractivity contribution in [2.24, 2.45) is 34.5 Å². The second kappa shape index (κ2) is 15.3. The number of carbonyl (C=O) groups excluding carboxylic acids is 3. The quantitative estimate of drug-likeness (QED) is 0.107. The van der Waals surface area contributed by atoms with E-state index in [9.17, 15) is 14.4 Å². The van der Waals surface area contributed by atoms with Gasteiger partial charge in [-0.15, -0.1) is 0 Å². The number of hydrogen-bond donors (Lipinski definition) is 0. The fraction of sp³-hybridized carbons (Fsp3) is 0.571. The summed E-state index contributed by atoms with van der Waals surface area (Å²) >= 11 is 38.3. The van der Waals surface area contributed by atoms with E-state index in [0.717, 1.165) is 25.7 Å². The van der Waals surface area contributed by atoms with Gasteiger partial charge in [-0.1, -0.05) is 111 Å². The van der Waals surface area contributed by atoms with E-state index in [1.165, 1.54) is 19.1 Å². The predicted octanol–water partition coefficient (Wildman–Crippen LogP) is 11.4. The zero-order chi connectivity index (χ0) is 35.9. The lowest BCUT2D eigenvalue weighted by atomic mass is 9.95. The van der Waals surface area contributed by atoms with Crippen LogP contribution in [-0.2, 0) is 14.3 Å². The predicted molar refractivity (Wildman–Crippen MR) is 191 cm³/mol. The van der Waals surface area contributed by atoms with Crippen LogP contribution in [0.15, 0.2) is 12.1 Å². The van der Waals surface area contributed by atoms with E-state index in [1.54, 1.807) is 0 Å². The van der Waals surface area contributed by atoms with E-state index in [4.69, 9.17) is 88.6 Å². The molecule has 0 heterocycles. The topological polar surface area (TPSA) is 88.1 Å². The van der Waals surface area contributed by atoms with Crippen molar-refractivity contribution in [3.8, 4) is 11.5 Å². The second-order valence-corrected chi connectivity index (χ2v) is 16.0. The van der Waals surface area contributed by atoms with Crippen LogP contribution in [0.5, 0.6) is 11.5 Å². The second-order valence-electron chi connectivity index (χ2n) is 13.6. The summed E-state index contributed by atoms with van der Waals surface area (Å²) in [6.45, 7) is 14.3. The Labute approximate surface area is 312 Å². The lowest BCUT2D eigenvalue weighted by Gasteiger charge is -2.21. The third-order valence-electron chi connectivity index (χ3n) is 10.00. The van der Waals surface area contributed by atoms with Crippen LogP contribution in [0.3, 0.4) is 0 Å². The van der Waals surface area contributed by atoms with Gasteiger partial charge in [0.2, 0.25) is 0 Å². The Morgan fingerprint density at radius 3 is 1.46 bits per heavy atom. The molecule has 13 heteroatoms. The van der Waals surface area contributed by atoms with Crippen molar-refractivity contribution in [3.05, 3.63) is 53.4 Å². The van der Waals surface area contributed by atoms with Crippen LogP contribution in [0.1, 0.15) is 94.9 Å². The van der Waals surface area contributed by atoms with Crippen LogP contribution >= 0.6 is 69.6 Å². The first-order valence-corrected chi connectivity index (χ1v) is 18.3. The molecule has 2 aromatic carbocycles. The molecule has 0 bridgehead atoms. The van der Waals surface area contributed by atoms with Gasteiger partial charge in [-0.05, 0) is 68.4 Å². The lowest BCUT2D eigenvalue weighted by molar-refractivity contribution is -0.141. The molecule has 264 valence electrons. The summed E-state index contributed by atoms with van der Waals surface area (Å²) in [6.07, 6.45) is 2.13. The summed E-state index contributed by atoms with van der Waals surface area (Å²) in [7, 11) is 0. The zero-order valence-corrected chi connectivity index (χ0v) is 32.4. The number of halogens is 6. The number of esters is 3. The van der Waals surface area contributed by atoms with Crippen molar-refractivity contribution in [2.75, 3.05) is 13.2 Å². The highest BCUT2D eigenvalue weighted by Gasteiger charge is 2.55. The molecule has 0 aromatic heterocycles. The summed E-state index contributed by atoms with van der Waals surface area (Å²) in [5.41, 5.74) is -0.796. The molecule has 2 aliphatic rings. The van der Waals surface area contributed by atoms with E-state index in [2.05, 4.69) is 41.5 Å². The van der Waals surface area contributed by atoms with Gasteiger partial charge in [0.05, 0.1) is 43.3 Å². The summed E-state index contributed by atoms with van der Waals surface area (Å²) < 4.78 is 22.9. The standard InChI is InChI=1S/C35H40Cl6O7/c1-8-34(12-19(34)16(3)4)14-45-32(43)25-27(40)21(36)10-23(38)29(25)47-18(7)31(42)48-30-24(39)11-22(37)28(41)26(30)33(44)46-15-35(9-2)13-20(35)17(5)6/h10-11,16-20H,8-9,12-15H2,1-7H3. The van der Waals surface area contributed by atoms with Gasteiger partial charge in [-0.3, -0.25) is 0 Å². The van der Waals surface area contributed by atoms with Gasteiger partial charge in [0.15, 0.2) is 17.6 Å². The van der Waals surface area contributed by atoms with Crippen molar-refractivity contribution >= 4 is 87.5 Å². The minimum atomic E-state index is -1.40. The van der Waals surface area contributed by atoms with Gasteiger partial charge < -0.3 is 18.9 Å². The SMILES string of the molecule is CCC1(COC(=O)c2c(Cl)c(Cl)cc(Cl)c2OC(=O)C(C)Oc2c(Cl)cc(Cl)c(Cl)c2C(=O)OCC2(CC)CC2C(C)C)CC1C(C)C.